The average molecular weight is 361 g/mol. The number of rotatable bonds is 6. The number of amides is 1. The number of methoxy groups -OCH3 is 1. The molecule has 0 saturated carbocycles. The Morgan fingerprint density at radius 3 is 2.31 bits per heavy atom. The van der Waals surface area contributed by atoms with E-state index in [9.17, 15) is 4.79 Å². The first-order chi connectivity index (χ1) is 12.5. The van der Waals surface area contributed by atoms with Gasteiger partial charge in [-0.1, -0.05) is 0 Å². The highest BCUT2D eigenvalue weighted by Crippen LogP contribution is 2.22. The minimum absolute atomic E-state index is 0.178. The van der Waals surface area contributed by atoms with Crippen LogP contribution < -0.4 is 9.47 Å². The van der Waals surface area contributed by atoms with Crippen molar-refractivity contribution in [2.75, 3.05) is 53.9 Å². The van der Waals surface area contributed by atoms with Gasteiger partial charge in [0, 0.05) is 45.1 Å². The van der Waals surface area contributed by atoms with Gasteiger partial charge in [-0.25, -0.2) is 0 Å². The van der Waals surface area contributed by atoms with Crippen molar-refractivity contribution in [1.29, 1.82) is 0 Å². The van der Waals surface area contributed by atoms with Crippen molar-refractivity contribution < 1.29 is 14.3 Å². The van der Waals surface area contributed by atoms with Gasteiger partial charge in [0.15, 0.2) is 0 Å². The molecule has 0 unspecified atom stereocenters. The predicted octanol–water partition coefficient (Wildman–Crippen LogP) is 1.70. The molecular formula is C20H31N3O3. The van der Waals surface area contributed by atoms with Crippen molar-refractivity contribution in [2.45, 2.75) is 31.4 Å². The van der Waals surface area contributed by atoms with Gasteiger partial charge in [-0.05, 0) is 44.8 Å². The summed E-state index contributed by atoms with van der Waals surface area (Å²) in [5, 5.41) is 0. The second-order valence-corrected chi connectivity index (χ2v) is 7.51. The molecule has 1 amide bonds. The van der Waals surface area contributed by atoms with Crippen molar-refractivity contribution in [2.24, 2.45) is 0 Å². The predicted molar refractivity (Wildman–Crippen MR) is 102 cm³/mol. The van der Waals surface area contributed by atoms with Crippen LogP contribution in [0.25, 0.3) is 0 Å². The van der Waals surface area contributed by atoms with E-state index in [4.69, 9.17) is 9.47 Å². The van der Waals surface area contributed by atoms with Gasteiger partial charge >= 0.3 is 0 Å². The molecule has 1 aromatic carbocycles. The van der Waals surface area contributed by atoms with Gasteiger partial charge in [0.25, 0.3) is 0 Å². The maximum atomic E-state index is 12.6. The van der Waals surface area contributed by atoms with Crippen LogP contribution in [0.15, 0.2) is 24.3 Å². The first kappa shape index (κ1) is 19.0. The van der Waals surface area contributed by atoms with E-state index >= 15 is 0 Å². The number of piperidine rings is 1. The number of ether oxygens (including phenoxy) is 2. The summed E-state index contributed by atoms with van der Waals surface area (Å²) in [4.78, 5) is 19.1. The van der Waals surface area contributed by atoms with Gasteiger partial charge in [-0.2, -0.15) is 0 Å². The number of carbonyl (C=O) groups is 1. The molecule has 3 rings (SSSR count). The minimum atomic E-state index is 0.178. The van der Waals surface area contributed by atoms with Crippen LogP contribution >= 0.6 is 0 Å². The Kier molecular flexibility index (Phi) is 6.38. The third-order valence-corrected chi connectivity index (χ3v) is 5.49. The third kappa shape index (κ3) is 4.89. The molecule has 144 valence electrons. The molecule has 0 spiro atoms. The SMILES string of the molecule is COc1ccc(OC2CCN(C(=O)CN3CC[C@H](N(C)C)C3)CC2)cc1. The lowest BCUT2D eigenvalue weighted by molar-refractivity contribution is -0.134. The number of hydrogen-bond acceptors (Lipinski definition) is 5. The number of hydrogen-bond donors (Lipinski definition) is 0. The maximum Gasteiger partial charge on any atom is 0.236 e. The van der Waals surface area contributed by atoms with Crippen LogP contribution in [-0.4, -0.2) is 86.7 Å². The van der Waals surface area contributed by atoms with Gasteiger partial charge in [0.1, 0.15) is 17.6 Å². The Bertz CT molecular complexity index is 582. The molecule has 0 aliphatic carbocycles. The lowest BCUT2D eigenvalue weighted by Crippen LogP contribution is -2.46. The minimum Gasteiger partial charge on any atom is -0.497 e. The number of likely N-dealkylation sites (tertiary alicyclic amines) is 2. The second-order valence-electron chi connectivity index (χ2n) is 7.51. The molecule has 6 nitrogen and oxygen atoms in total. The molecule has 2 heterocycles. The fourth-order valence-corrected chi connectivity index (χ4v) is 3.74. The average Bonchev–Trinajstić information content (AvgIpc) is 3.12. The monoisotopic (exact) mass is 361 g/mol. The Balaban J connectivity index is 1.41. The van der Waals surface area contributed by atoms with E-state index in [-0.39, 0.29) is 12.0 Å². The smallest absolute Gasteiger partial charge is 0.236 e. The topological polar surface area (TPSA) is 45.3 Å². The first-order valence-corrected chi connectivity index (χ1v) is 9.52. The standard InChI is InChI=1S/C20H31N3O3/c1-21(2)16-8-11-22(14-16)15-20(24)23-12-9-19(10-13-23)26-18-6-4-17(25-3)5-7-18/h4-7,16,19H,8-15H2,1-3H3/t16-/m0/s1. The molecule has 0 N–H and O–H groups in total. The van der Waals surface area contributed by atoms with Crippen LogP contribution in [0.2, 0.25) is 0 Å². The number of benzene rings is 1. The molecule has 2 aliphatic heterocycles. The van der Waals surface area contributed by atoms with E-state index < -0.39 is 0 Å². The number of likely N-dealkylation sites (N-methyl/N-ethyl adjacent to an activating group) is 1. The molecule has 1 aromatic rings. The Morgan fingerprint density at radius 2 is 1.73 bits per heavy atom. The van der Waals surface area contributed by atoms with Crippen molar-refractivity contribution in [3.05, 3.63) is 24.3 Å². The van der Waals surface area contributed by atoms with Gasteiger partial charge in [0.2, 0.25) is 5.91 Å². The quantitative estimate of drug-likeness (QED) is 0.772. The Labute approximate surface area is 156 Å². The molecule has 2 saturated heterocycles. The normalized spacial score (nSPS) is 22.0. The van der Waals surface area contributed by atoms with Crippen LogP contribution in [0.5, 0.6) is 11.5 Å². The zero-order chi connectivity index (χ0) is 18.5. The summed E-state index contributed by atoms with van der Waals surface area (Å²) in [5.74, 6) is 1.95. The van der Waals surface area contributed by atoms with Crippen LogP contribution in [0.3, 0.4) is 0 Å². The van der Waals surface area contributed by atoms with Crippen LogP contribution in [0.1, 0.15) is 19.3 Å². The summed E-state index contributed by atoms with van der Waals surface area (Å²) in [5.41, 5.74) is 0. The maximum absolute atomic E-state index is 12.6. The van der Waals surface area contributed by atoms with E-state index in [1.54, 1.807) is 7.11 Å². The highest BCUT2D eigenvalue weighted by Gasteiger charge is 2.29. The van der Waals surface area contributed by atoms with Crippen molar-refractivity contribution in [3.63, 3.8) is 0 Å². The highest BCUT2D eigenvalue weighted by molar-refractivity contribution is 5.78. The van der Waals surface area contributed by atoms with E-state index in [1.165, 1.54) is 0 Å². The van der Waals surface area contributed by atoms with Gasteiger partial charge in [-0.15, -0.1) is 0 Å². The van der Waals surface area contributed by atoms with E-state index in [0.717, 1.165) is 56.9 Å². The highest BCUT2D eigenvalue weighted by atomic mass is 16.5. The Hall–Kier alpha value is -1.79. The molecule has 0 bridgehead atoms. The summed E-state index contributed by atoms with van der Waals surface area (Å²) >= 11 is 0. The van der Waals surface area contributed by atoms with Crippen LogP contribution in [0.4, 0.5) is 0 Å². The first-order valence-electron chi connectivity index (χ1n) is 9.52. The summed E-state index contributed by atoms with van der Waals surface area (Å²) in [7, 11) is 5.89. The third-order valence-electron chi connectivity index (χ3n) is 5.49. The van der Waals surface area contributed by atoms with Crippen molar-refractivity contribution in [3.8, 4) is 11.5 Å². The van der Waals surface area contributed by atoms with Crippen molar-refractivity contribution >= 4 is 5.91 Å². The molecule has 26 heavy (non-hydrogen) atoms. The number of nitrogens with zero attached hydrogens (tertiary/aromatic N) is 3. The molecular weight excluding hydrogens is 330 g/mol. The van der Waals surface area contributed by atoms with Gasteiger partial charge in [0.05, 0.1) is 13.7 Å². The summed E-state index contributed by atoms with van der Waals surface area (Å²) < 4.78 is 11.2. The largest absolute Gasteiger partial charge is 0.497 e. The lowest BCUT2D eigenvalue weighted by atomic mass is 10.1. The lowest BCUT2D eigenvalue weighted by Gasteiger charge is -2.33. The summed E-state index contributed by atoms with van der Waals surface area (Å²) in [6, 6.07) is 8.26. The molecule has 1 atom stereocenters. The van der Waals surface area contributed by atoms with Crippen LogP contribution in [0, 0.1) is 0 Å². The zero-order valence-corrected chi connectivity index (χ0v) is 16.2. The van der Waals surface area contributed by atoms with E-state index in [2.05, 4.69) is 23.9 Å². The Morgan fingerprint density at radius 1 is 1.08 bits per heavy atom. The molecule has 0 aromatic heterocycles. The van der Waals surface area contributed by atoms with Crippen molar-refractivity contribution in [1.82, 2.24) is 14.7 Å². The fourth-order valence-electron chi connectivity index (χ4n) is 3.74. The molecule has 0 radical (unpaired) electrons. The van der Waals surface area contributed by atoms with E-state index in [1.807, 2.05) is 29.2 Å². The summed E-state index contributed by atoms with van der Waals surface area (Å²) in [6.45, 7) is 4.13. The second kappa shape index (κ2) is 8.73. The van der Waals surface area contributed by atoms with Gasteiger partial charge < -0.3 is 19.3 Å². The molecule has 6 heteroatoms. The molecule has 2 fully saturated rings. The fraction of sp³-hybridized carbons (Fsp3) is 0.650. The van der Waals surface area contributed by atoms with Gasteiger partial charge in [-0.3, -0.25) is 9.69 Å². The van der Waals surface area contributed by atoms with Crippen LogP contribution in [-0.2, 0) is 4.79 Å². The zero-order valence-electron chi connectivity index (χ0n) is 16.2. The van der Waals surface area contributed by atoms with E-state index in [0.29, 0.717) is 12.6 Å². The summed E-state index contributed by atoms with van der Waals surface area (Å²) in [6.07, 6.45) is 3.10. The number of carbonyl (C=O) groups excluding carboxylic acids is 1. The molecule has 2 aliphatic rings.